The van der Waals surface area contributed by atoms with E-state index in [0.717, 1.165) is 5.56 Å². The van der Waals surface area contributed by atoms with Crippen molar-refractivity contribution in [2.45, 2.75) is 0 Å². The molecule has 0 aliphatic carbocycles. The molecular weight excluding hydrogens is 232 g/mol. The third-order valence-corrected chi connectivity index (χ3v) is 2.64. The van der Waals surface area contributed by atoms with Crippen LogP contribution in [0.5, 0.6) is 11.5 Å². The summed E-state index contributed by atoms with van der Waals surface area (Å²) in [6.45, 7) is 0. The molecule has 0 aliphatic rings. The lowest BCUT2D eigenvalue weighted by Gasteiger charge is -2.10. The van der Waals surface area contributed by atoms with Crippen LogP contribution in [-0.2, 0) is 0 Å². The van der Waals surface area contributed by atoms with Crippen LogP contribution in [0.25, 0.3) is 11.3 Å². The molecule has 0 spiro atoms. The summed E-state index contributed by atoms with van der Waals surface area (Å²) in [5.74, 6) is 1.33. The molecule has 18 heavy (non-hydrogen) atoms. The Morgan fingerprint density at radius 1 is 1.11 bits per heavy atom. The van der Waals surface area contributed by atoms with Gasteiger partial charge >= 0.3 is 0 Å². The van der Waals surface area contributed by atoms with Crippen molar-refractivity contribution >= 4 is 5.69 Å². The standard InChI is InChI=1S/C13H14N2O3/c1-17-8-3-6-12(18-2)9(7-8)11-5-4-10(14)13(16)15-11/h3-7H,14H2,1-2H3,(H,15,16). The highest BCUT2D eigenvalue weighted by atomic mass is 16.5. The van der Waals surface area contributed by atoms with Gasteiger partial charge in [0.2, 0.25) is 0 Å². The third-order valence-electron chi connectivity index (χ3n) is 2.64. The first-order valence-electron chi connectivity index (χ1n) is 5.37. The van der Waals surface area contributed by atoms with Gasteiger partial charge in [-0.2, -0.15) is 0 Å². The number of nitrogens with two attached hydrogens (primary N) is 1. The fourth-order valence-corrected chi connectivity index (χ4v) is 1.67. The normalized spacial score (nSPS) is 10.1. The maximum absolute atomic E-state index is 11.5. The number of rotatable bonds is 3. The first-order valence-corrected chi connectivity index (χ1v) is 5.37. The maximum atomic E-state index is 11.5. The molecule has 3 N–H and O–H groups in total. The molecule has 0 bridgehead atoms. The summed E-state index contributed by atoms with van der Waals surface area (Å²) in [6, 6.07) is 8.65. The molecular formula is C13H14N2O3. The molecule has 2 aromatic rings. The van der Waals surface area contributed by atoms with E-state index in [1.807, 2.05) is 0 Å². The van der Waals surface area contributed by atoms with Crippen LogP contribution >= 0.6 is 0 Å². The monoisotopic (exact) mass is 246 g/mol. The van der Waals surface area contributed by atoms with E-state index in [4.69, 9.17) is 15.2 Å². The van der Waals surface area contributed by atoms with Crippen molar-refractivity contribution < 1.29 is 9.47 Å². The Hall–Kier alpha value is -2.43. The Kier molecular flexibility index (Phi) is 3.23. The molecule has 5 heteroatoms. The number of hydrogen-bond acceptors (Lipinski definition) is 4. The highest BCUT2D eigenvalue weighted by Crippen LogP contribution is 2.31. The van der Waals surface area contributed by atoms with Gasteiger partial charge in [-0.3, -0.25) is 4.79 Å². The summed E-state index contributed by atoms with van der Waals surface area (Å²) in [5, 5.41) is 0. The zero-order valence-electron chi connectivity index (χ0n) is 10.2. The predicted octanol–water partition coefficient (Wildman–Crippen LogP) is 1.64. The molecule has 0 amide bonds. The quantitative estimate of drug-likeness (QED) is 0.863. The second kappa shape index (κ2) is 4.83. The minimum Gasteiger partial charge on any atom is -0.497 e. The van der Waals surface area contributed by atoms with Crippen molar-refractivity contribution in [2.24, 2.45) is 0 Å². The van der Waals surface area contributed by atoms with E-state index >= 15 is 0 Å². The SMILES string of the molecule is COc1ccc(OC)c(-c2ccc(N)c(=O)[nH]2)c1. The fraction of sp³-hybridized carbons (Fsp3) is 0.154. The largest absolute Gasteiger partial charge is 0.497 e. The number of methoxy groups -OCH3 is 2. The van der Waals surface area contributed by atoms with Gasteiger partial charge in [0, 0.05) is 5.56 Å². The van der Waals surface area contributed by atoms with Crippen molar-refractivity contribution in [3.63, 3.8) is 0 Å². The first-order chi connectivity index (χ1) is 8.65. The molecule has 0 fully saturated rings. The topological polar surface area (TPSA) is 77.3 Å². The van der Waals surface area contributed by atoms with E-state index in [1.165, 1.54) is 0 Å². The molecule has 0 unspecified atom stereocenters. The molecule has 1 aromatic heterocycles. The van der Waals surface area contributed by atoms with Crippen LogP contribution in [0, 0.1) is 0 Å². The van der Waals surface area contributed by atoms with E-state index in [-0.39, 0.29) is 11.2 Å². The molecule has 2 rings (SSSR count). The lowest BCUT2D eigenvalue weighted by Crippen LogP contribution is -2.11. The summed E-state index contributed by atoms with van der Waals surface area (Å²) in [6.07, 6.45) is 0. The average molecular weight is 246 g/mol. The summed E-state index contributed by atoms with van der Waals surface area (Å²) in [5.41, 5.74) is 6.73. The van der Waals surface area contributed by atoms with Gasteiger partial charge < -0.3 is 20.2 Å². The van der Waals surface area contributed by atoms with Gasteiger partial charge in [-0.25, -0.2) is 0 Å². The number of H-pyrrole nitrogens is 1. The molecule has 5 nitrogen and oxygen atoms in total. The average Bonchev–Trinajstić information content (AvgIpc) is 2.41. The van der Waals surface area contributed by atoms with E-state index in [9.17, 15) is 4.79 Å². The van der Waals surface area contributed by atoms with Crippen molar-refractivity contribution in [1.82, 2.24) is 4.98 Å². The summed E-state index contributed by atoms with van der Waals surface area (Å²) >= 11 is 0. The minimum atomic E-state index is -0.322. The first kappa shape index (κ1) is 12.0. The molecule has 0 aliphatic heterocycles. The van der Waals surface area contributed by atoms with E-state index in [0.29, 0.717) is 17.2 Å². The van der Waals surface area contributed by atoms with Gasteiger partial charge in [0.05, 0.1) is 25.6 Å². The second-order valence-electron chi connectivity index (χ2n) is 3.72. The Balaban J connectivity index is 2.60. The van der Waals surface area contributed by atoms with Crippen molar-refractivity contribution in [3.05, 3.63) is 40.7 Å². The highest BCUT2D eigenvalue weighted by Gasteiger charge is 2.09. The second-order valence-corrected chi connectivity index (χ2v) is 3.72. The number of pyridine rings is 1. The highest BCUT2D eigenvalue weighted by molar-refractivity contribution is 5.69. The van der Waals surface area contributed by atoms with Gasteiger partial charge in [0.15, 0.2) is 0 Å². The number of nitrogens with one attached hydrogen (secondary N) is 1. The lowest BCUT2D eigenvalue weighted by atomic mass is 10.1. The third kappa shape index (κ3) is 2.15. The molecule has 94 valence electrons. The molecule has 1 aromatic carbocycles. The number of hydrogen-bond donors (Lipinski definition) is 2. The molecule has 0 saturated heterocycles. The number of ether oxygens (including phenoxy) is 2. The van der Waals surface area contributed by atoms with Crippen LogP contribution < -0.4 is 20.8 Å². The van der Waals surface area contributed by atoms with Gasteiger partial charge in [0.1, 0.15) is 11.5 Å². The van der Waals surface area contributed by atoms with Crippen molar-refractivity contribution in [3.8, 4) is 22.8 Å². The molecule has 1 heterocycles. The van der Waals surface area contributed by atoms with Crippen LogP contribution in [0.3, 0.4) is 0 Å². The predicted molar refractivity (Wildman–Crippen MR) is 70.0 cm³/mol. The summed E-state index contributed by atoms with van der Waals surface area (Å²) < 4.78 is 10.4. The van der Waals surface area contributed by atoms with Crippen molar-refractivity contribution in [1.29, 1.82) is 0 Å². The van der Waals surface area contributed by atoms with E-state index in [1.54, 1.807) is 44.6 Å². The summed E-state index contributed by atoms with van der Waals surface area (Å²) in [7, 11) is 3.15. The smallest absolute Gasteiger partial charge is 0.271 e. The Morgan fingerprint density at radius 3 is 2.50 bits per heavy atom. The lowest BCUT2D eigenvalue weighted by molar-refractivity contribution is 0.404. The number of aromatic amines is 1. The van der Waals surface area contributed by atoms with Crippen LogP contribution in [0.1, 0.15) is 0 Å². The van der Waals surface area contributed by atoms with Gasteiger partial charge in [0.25, 0.3) is 5.56 Å². The van der Waals surface area contributed by atoms with Crippen LogP contribution in [-0.4, -0.2) is 19.2 Å². The van der Waals surface area contributed by atoms with Gasteiger partial charge in [-0.05, 0) is 30.3 Å². The maximum Gasteiger partial charge on any atom is 0.271 e. The Bertz CT molecular complexity index is 620. The number of aromatic nitrogens is 1. The summed E-state index contributed by atoms with van der Waals surface area (Å²) in [4.78, 5) is 14.2. The van der Waals surface area contributed by atoms with Crippen LogP contribution in [0.4, 0.5) is 5.69 Å². The Morgan fingerprint density at radius 2 is 1.89 bits per heavy atom. The Labute approximate surface area is 104 Å². The molecule has 0 radical (unpaired) electrons. The van der Waals surface area contributed by atoms with Crippen LogP contribution in [0.15, 0.2) is 35.1 Å². The minimum absolute atomic E-state index is 0.181. The van der Waals surface area contributed by atoms with Gasteiger partial charge in [-0.1, -0.05) is 0 Å². The number of benzene rings is 1. The van der Waals surface area contributed by atoms with E-state index in [2.05, 4.69) is 4.98 Å². The van der Waals surface area contributed by atoms with Gasteiger partial charge in [-0.15, -0.1) is 0 Å². The van der Waals surface area contributed by atoms with Crippen molar-refractivity contribution in [2.75, 3.05) is 20.0 Å². The number of nitrogen functional groups attached to an aromatic ring is 1. The molecule has 0 atom stereocenters. The zero-order valence-corrected chi connectivity index (χ0v) is 10.2. The number of anilines is 1. The zero-order chi connectivity index (χ0) is 13.1. The van der Waals surface area contributed by atoms with Crippen LogP contribution in [0.2, 0.25) is 0 Å². The fourth-order valence-electron chi connectivity index (χ4n) is 1.67. The molecule has 0 saturated carbocycles. The van der Waals surface area contributed by atoms with E-state index < -0.39 is 0 Å².